The van der Waals surface area contributed by atoms with Crippen LogP contribution in [0.3, 0.4) is 0 Å². The predicted octanol–water partition coefficient (Wildman–Crippen LogP) is 1.59. The summed E-state index contributed by atoms with van der Waals surface area (Å²) >= 11 is 0. The van der Waals surface area contributed by atoms with Gasteiger partial charge in [-0.15, -0.1) is 0 Å². The number of ether oxygens (including phenoxy) is 2. The minimum absolute atomic E-state index is 0.0638. The smallest absolute Gasteiger partial charge is 0.407 e. The number of aliphatic hydroxyl groups is 1. The highest BCUT2D eigenvalue weighted by molar-refractivity contribution is 5.90. The number of carbonyl (C=O) groups excluding carboxylic acids is 2. The maximum atomic E-state index is 12.9. The van der Waals surface area contributed by atoms with Crippen molar-refractivity contribution < 1.29 is 34.1 Å². The van der Waals surface area contributed by atoms with E-state index in [9.17, 15) is 24.6 Å². The van der Waals surface area contributed by atoms with Crippen molar-refractivity contribution in [3.8, 4) is 11.1 Å². The fraction of sp³-hybridized carbons (Fsp3) is 0.375. The molecular formula is C24H26N2O7. The molecule has 4 rings (SSSR count). The molecule has 0 spiro atoms. The summed E-state index contributed by atoms with van der Waals surface area (Å²) in [5.74, 6) is -1.99. The van der Waals surface area contributed by atoms with E-state index in [1.165, 1.54) is 7.11 Å². The predicted molar refractivity (Wildman–Crippen MR) is 118 cm³/mol. The number of likely N-dealkylation sites (tertiary alicyclic amines) is 1. The first-order valence-electron chi connectivity index (χ1n) is 10.7. The molecule has 9 nitrogen and oxygen atoms in total. The number of amides is 2. The van der Waals surface area contributed by atoms with E-state index in [1.54, 1.807) is 0 Å². The number of methoxy groups -OCH3 is 1. The summed E-state index contributed by atoms with van der Waals surface area (Å²) in [7, 11) is 1.37. The molecular weight excluding hydrogens is 428 g/mol. The summed E-state index contributed by atoms with van der Waals surface area (Å²) in [5, 5.41) is 21.7. The van der Waals surface area contributed by atoms with Crippen LogP contribution in [-0.4, -0.2) is 78.1 Å². The second-order valence-corrected chi connectivity index (χ2v) is 8.21. The number of β-amino-alcohol motifs (C(OH)–C–C–N with tert-alkyl or cyclic N) is 1. The average Bonchev–Trinajstić information content (AvgIpc) is 3.35. The lowest BCUT2D eigenvalue weighted by Gasteiger charge is -2.26. The second kappa shape index (κ2) is 9.60. The molecule has 2 aromatic carbocycles. The lowest BCUT2D eigenvalue weighted by atomic mass is 9.98. The zero-order chi connectivity index (χ0) is 23.5. The Morgan fingerprint density at radius 3 is 2.27 bits per heavy atom. The maximum Gasteiger partial charge on any atom is 0.407 e. The fourth-order valence-corrected chi connectivity index (χ4v) is 4.62. The number of carboxylic acid groups (broad SMARTS) is 1. The highest BCUT2D eigenvalue weighted by Gasteiger charge is 2.41. The van der Waals surface area contributed by atoms with Crippen LogP contribution in [0.15, 0.2) is 48.5 Å². The van der Waals surface area contributed by atoms with E-state index in [1.807, 2.05) is 48.5 Å². The summed E-state index contributed by atoms with van der Waals surface area (Å²) in [6, 6.07) is 13.6. The largest absolute Gasteiger partial charge is 0.480 e. The molecule has 1 fully saturated rings. The Balaban J connectivity index is 1.43. The Kier molecular flexibility index (Phi) is 6.62. The van der Waals surface area contributed by atoms with Crippen LogP contribution in [0.2, 0.25) is 0 Å². The van der Waals surface area contributed by atoms with Crippen molar-refractivity contribution in [1.29, 1.82) is 0 Å². The van der Waals surface area contributed by atoms with E-state index < -0.39 is 36.2 Å². The number of nitrogens with zero attached hydrogens (tertiary/aromatic N) is 1. The van der Waals surface area contributed by atoms with E-state index in [0.717, 1.165) is 27.2 Å². The van der Waals surface area contributed by atoms with Crippen molar-refractivity contribution in [2.75, 3.05) is 26.9 Å². The highest BCUT2D eigenvalue weighted by atomic mass is 16.5. The molecule has 1 heterocycles. The van der Waals surface area contributed by atoms with Gasteiger partial charge in [0.15, 0.2) is 0 Å². The molecule has 9 heteroatoms. The third-order valence-electron chi connectivity index (χ3n) is 6.11. The van der Waals surface area contributed by atoms with Gasteiger partial charge in [-0.1, -0.05) is 48.5 Å². The Labute approximate surface area is 190 Å². The number of hydrogen-bond acceptors (Lipinski definition) is 6. The zero-order valence-electron chi connectivity index (χ0n) is 18.1. The Hall–Kier alpha value is -3.43. The number of aliphatic hydroxyl groups excluding tert-OH is 1. The van der Waals surface area contributed by atoms with Gasteiger partial charge in [-0.3, -0.25) is 4.79 Å². The quantitative estimate of drug-likeness (QED) is 0.580. The van der Waals surface area contributed by atoms with Gasteiger partial charge >= 0.3 is 12.1 Å². The summed E-state index contributed by atoms with van der Waals surface area (Å²) < 4.78 is 10.5. The number of alkyl carbamates (subject to hydrolysis) is 1. The fourth-order valence-electron chi connectivity index (χ4n) is 4.62. The Bertz CT molecular complexity index is 1010. The molecule has 1 aliphatic heterocycles. The van der Waals surface area contributed by atoms with Crippen LogP contribution >= 0.6 is 0 Å². The lowest BCUT2D eigenvalue weighted by molar-refractivity contribution is -0.149. The minimum Gasteiger partial charge on any atom is -0.480 e. The standard InChI is InChI=1S/C24H26N2O7/c1-32-13-20(22(28)26-11-14(27)10-21(26)23(29)30)25-24(31)33-12-19-17-8-4-2-6-15(17)16-7-3-5-9-18(16)19/h2-9,14,19-21,27H,10-13H2,1H3,(H,25,31)(H,29,30)/t14-,20+,21+/m1/s1. The normalized spacial score (nSPS) is 20.1. The van der Waals surface area contributed by atoms with Crippen LogP contribution in [0.1, 0.15) is 23.5 Å². The minimum atomic E-state index is -1.21. The summed E-state index contributed by atoms with van der Waals surface area (Å²) in [5.41, 5.74) is 4.32. The van der Waals surface area contributed by atoms with Gasteiger partial charge in [0.2, 0.25) is 5.91 Å². The van der Waals surface area contributed by atoms with Gasteiger partial charge in [-0.2, -0.15) is 0 Å². The molecule has 2 amide bonds. The zero-order valence-corrected chi connectivity index (χ0v) is 18.1. The molecule has 0 saturated carbocycles. The second-order valence-electron chi connectivity index (χ2n) is 8.21. The molecule has 0 bridgehead atoms. The SMILES string of the molecule is COC[C@H](NC(=O)OCC1c2ccccc2-c2ccccc21)C(=O)N1C[C@H](O)C[C@H]1C(=O)O. The Morgan fingerprint density at radius 2 is 1.70 bits per heavy atom. The van der Waals surface area contributed by atoms with Gasteiger partial charge < -0.3 is 29.9 Å². The molecule has 174 valence electrons. The lowest BCUT2D eigenvalue weighted by Crippen LogP contribution is -2.53. The van der Waals surface area contributed by atoms with E-state index in [0.29, 0.717) is 0 Å². The summed E-state index contributed by atoms with van der Waals surface area (Å²) in [6.45, 7) is -0.210. The molecule has 2 aromatic rings. The van der Waals surface area contributed by atoms with E-state index in [-0.39, 0.29) is 32.1 Å². The van der Waals surface area contributed by atoms with Gasteiger partial charge in [-0.05, 0) is 22.3 Å². The molecule has 3 atom stereocenters. The first-order valence-corrected chi connectivity index (χ1v) is 10.7. The summed E-state index contributed by atoms with van der Waals surface area (Å²) in [6.07, 6.45) is -1.81. The number of benzene rings is 2. The van der Waals surface area contributed by atoms with Crippen molar-refractivity contribution >= 4 is 18.0 Å². The maximum absolute atomic E-state index is 12.9. The van der Waals surface area contributed by atoms with Crippen LogP contribution in [0, 0.1) is 0 Å². The number of carbonyl (C=O) groups is 3. The monoisotopic (exact) mass is 454 g/mol. The van der Waals surface area contributed by atoms with Crippen molar-refractivity contribution in [3.63, 3.8) is 0 Å². The third-order valence-corrected chi connectivity index (χ3v) is 6.11. The molecule has 1 saturated heterocycles. The van der Waals surface area contributed by atoms with Crippen LogP contribution in [-0.2, 0) is 19.1 Å². The van der Waals surface area contributed by atoms with Gasteiger partial charge in [0, 0.05) is 26.0 Å². The number of nitrogens with one attached hydrogen (secondary N) is 1. The van der Waals surface area contributed by atoms with Crippen LogP contribution in [0.5, 0.6) is 0 Å². The molecule has 0 unspecified atom stereocenters. The average molecular weight is 454 g/mol. The molecule has 0 aromatic heterocycles. The van der Waals surface area contributed by atoms with Gasteiger partial charge in [0.05, 0.1) is 12.7 Å². The van der Waals surface area contributed by atoms with Crippen LogP contribution in [0.25, 0.3) is 11.1 Å². The molecule has 33 heavy (non-hydrogen) atoms. The van der Waals surface area contributed by atoms with Crippen molar-refractivity contribution in [2.24, 2.45) is 0 Å². The van der Waals surface area contributed by atoms with E-state index in [4.69, 9.17) is 9.47 Å². The number of fused-ring (bicyclic) bond motifs is 3. The number of rotatable bonds is 7. The van der Waals surface area contributed by atoms with Gasteiger partial charge in [0.1, 0.15) is 18.7 Å². The molecule has 3 N–H and O–H groups in total. The van der Waals surface area contributed by atoms with Crippen molar-refractivity contribution in [1.82, 2.24) is 10.2 Å². The topological polar surface area (TPSA) is 125 Å². The molecule has 2 aliphatic rings. The van der Waals surface area contributed by atoms with Crippen LogP contribution in [0.4, 0.5) is 4.79 Å². The van der Waals surface area contributed by atoms with Crippen molar-refractivity contribution in [3.05, 3.63) is 59.7 Å². The number of aliphatic carboxylic acids is 1. The van der Waals surface area contributed by atoms with E-state index in [2.05, 4.69) is 5.32 Å². The number of hydrogen-bond donors (Lipinski definition) is 3. The van der Waals surface area contributed by atoms with Gasteiger partial charge in [0.25, 0.3) is 0 Å². The first kappa shape index (κ1) is 22.8. The third kappa shape index (κ3) is 4.55. The molecule has 1 aliphatic carbocycles. The highest BCUT2D eigenvalue weighted by Crippen LogP contribution is 2.44. The molecule has 0 radical (unpaired) electrons. The van der Waals surface area contributed by atoms with Crippen LogP contribution < -0.4 is 5.32 Å². The first-order chi connectivity index (χ1) is 15.9. The Morgan fingerprint density at radius 1 is 1.09 bits per heavy atom. The summed E-state index contributed by atoms with van der Waals surface area (Å²) in [4.78, 5) is 38.0. The van der Waals surface area contributed by atoms with E-state index >= 15 is 0 Å². The van der Waals surface area contributed by atoms with Crippen molar-refractivity contribution in [2.45, 2.75) is 30.5 Å². The van der Waals surface area contributed by atoms with Gasteiger partial charge in [-0.25, -0.2) is 9.59 Å². The number of carboxylic acids is 1.